The number of carbonyl (C=O) groups excluding carboxylic acids is 1. The van der Waals surface area contributed by atoms with Crippen LogP contribution in [-0.4, -0.2) is 11.5 Å². The molecular formula is C12H16OS. The second-order valence-electron chi connectivity index (χ2n) is 3.45. The molecular weight excluding hydrogens is 192 g/mol. The van der Waals surface area contributed by atoms with Crippen molar-refractivity contribution < 1.29 is 4.79 Å². The Morgan fingerprint density at radius 3 is 2.57 bits per heavy atom. The molecule has 0 fully saturated rings. The quantitative estimate of drug-likeness (QED) is 0.555. The molecule has 0 saturated carbocycles. The first kappa shape index (κ1) is 11.3. The fourth-order valence-electron chi connectivity index (χ4n) is 1.26. The summed E-state index contributed by atoms with van der Waals surface area (Å²) in [6.45, 7) is 5.98. The van der Waals surface area contributed by atoms with Crippen LogP contribution in [0.25, 0.3) is 0 Å². The number of carbonyl (C=O) groups is 1. The minimum Gasteiger partial charge on any atom is -0.294 e. The van der Waals surface area contributed by atoms with E-state index in [0.29, 0.717) is 0 Å². The van der Waals surface area contributed by atoms with Crippen molar-refractivity contribution in [3.05, 3.63) is 29.8 Å². The molecule has 76 valence electrons. The first-order chi connectivity index (χ1) is 6.66. The Labute approximate surface area is 89.9 Å². The Bertz CT molecular complexity index is 318. The van der Waals surface area contributed by atoms with Gasteiger partial charge in [0.15, 0.2) is 5.78 Å². The summed E-state index contributed by atoms with van der Waals surface area (Å²) in [5, 5.41) is 0. The smallest absolute Gasteiger partial charge is 0.166 e. The van der Waals surface area contributed by atoms with Crippen molar-refractivity contribution in [2.45, 2.75) is 25.7 Å². The lowest BCUT2D eigenvalue weighted by molar-refractivity contribution is 0.0936. The second-order valence-corrected chi connectivity index (χ2v) is 4.75. The minimum absolute atomic E-state index is 0.0774. The number of hydrogen-bond acceptors (Lipinski definition) is 2. The summed E-state index contributed by atoms with van der Waals surface area (Å²) >= 11 is 1.73. The van der Waals surface area contributed by atoms with Gasteiger partial charge in [0, 0.05) is 16.4 Å². The Kier molecular flexibility index (Phi) is 4.21. The first-order valence-electron chi connectivity index (χ1n) is 4.92. The Hall–Kier alpha value is -0.760. The molecule has 14 heavy (non-hydrogen) atoms. The summed E-state index contributed by atoms with van der Waals surface area (Å²) in [6, 6.07) is 7.84. The van der Waals surface area contributed by atoms with E-state index in [4.69, 9.17) is 0 Å². The number of rotatable bonds is 4. The average Bonchev–Trinajstić information content (AvgIpc) is 2.18. The predicted molar refractivity (Wildman–Crippen MR) is 62.0 cm³/mol. The van der Waals surface area contributed by atoms with Crippen molar-refractivity contribution in [1.29, 1.82) is 0 Å². The van der Waals surface area contributed by atoms with Crippen LogP contribution in [0.15, 0.2) is 29.2 Å². The molecule has 1 aromatic rings. The normalized spacial score (nSPS) is 10.6. The van der Waals surface area contributed by atoms with Gasteiger partial charge >= 0.3 is 0 Å². The zero-order chi connectivity index (χ0) is 10.6. The monoisotopic (exact) mass is 208 g/mol. The number of hydrogen-bond donors (Lipinski definition) is 0. The van der Waals surface area contributed by atoms with Crippen LogP contribution < -0.4 is 0 Å². The summed E-state index contributed by atoms with van der Waals surface area (Å²) in [4.78, 5) is 12.9. The maximum atomic E-state index is 11.8. The van der Waals surface area contributed by atoms with Gasteiger partial charge in [0.2, 0.25) is 0 Å². The van der Waals surface area contributed by atoms with E-state index in [1.807, 2.05) is 38.1 Å². The van der Waals surface area contributed by atoms with Crippen LogP contribution in [0, 0.1) is 5.92 Å². The molecule has 0 unspecified atom stereocenters. The highest BCUT2D eigenvalue weighted by molar-refractivity contribution is 7.99. The topological polar surface area (TPSA) is 17.1 Å². The third-order valence-electron chi connectivity index (χ3n) is 1.98. The Morgan fingerprint density at radius 1 is 1.36 bits per heavy atom. The van der Waals surface area contributed by atoms with Crippen molar-refractivity contribution >= 4 is 17.5 Å². The minimum atomic E-state index is 0.0774. The fourth-order valence-corrected chi connectivity index (χ4v) is 2.07. The number of benzene rings is 1. The Morgan fingerprint density at radius 2 is 2.00 bits per heavy atom. The molecule has 0 aromatic heterocycles. The van der Waals surface area contributed by atoms with Crippen LogP contribution in [0.1, 0.15) is 31.1 Å². The van der Waals surface area contributed by atoms with Gasteiger partial charge in [-0.05, 0) is 11.8 Å². The van der Waals surface area contributed by atoms with Crippen molar-refractivity contribution in [3.63, 3.8) is 0 Å². The lowest BCUT2D eigenvalue weighted by Gasteiger charge is -2.08. The molecule has 0 saturated heterocycles. The summed E-state index contributed by atoms with van der Waals surface area (Å²) in [5.74, 6) is 1.32. The summed E-state index contributed by atoms with van der Waals surface area (Å²) in [6.07, 6.45) is 0. The van der Waals surface area contributed by atoms with E-state index in [-0.39, 0.29) is 11.7 Å². The van der Waals surface area contributed by atoms with Gasteiger partial charge in [-0.3, -0.25) is 4.79 Å². The zero-order valence-corrected chi connectivity index (χ0v) is 9.73. The van der Waals surface area contributed by atoms with Crippen molar-refractivity contribution in [1.82, 2.24) is 0 Å². The van der Waals surface area contributed by atoms with Crippen LogP contribution in [0.4, 0.5) is 0 Å². The maximum absolute atomic E-state index is 11.8. The SMILES string of the molecule is CCSc1ccccc1C(=O)C(C)C. The molecule has 0 spiro atoms. The molecule has 1 aromatic carbocycles. The van der Waals surface area contributed by atoms with E-state index in [9.17, 15) is 4.79 Å². The third-order valence-corrected chi connectivity index (χ3v) is 2.93. The van der Waals surface area contributed by atoms with Gasteiger partial charge in [-0.1, -0.05) is 39.0 Å². The highest BCUT2D eigenvalue weighted by Gasteiger charge is 2.13. The molecule has 0 N–H and O–H groups in total. The lowest BCUT2D eigenvalue weighted by Crippen LogP contribution is -2.08. The predicted octanol–water partition coefficient (Wildman–Crippen LogP) is 3.64. The third kappa shape index (κ3) is 2.61. The average molecular weight is 208 g/mol. The standard InChI is InChI=1S/C12H16OS/c1-4-14-11-8-6-5-7-10(11)12(13)9(2)3/h5-9H,4H2,1-3H3. The van der Waals surface area contributed by atoms with Gasteiger partial charge in [-0.2, -0.15) is 0 Å². The molecule has 0 heterocycles. The number of Topliss-reactive ketones (excluding diaryl/α,β-unsaturated/α-hetero) is 1. The van der Waals surface area contributed by atoms with E-state index < -0.39 is 0 Å². The van der Waals surface area contributed by atoms with Crippen molar-refractivity contribution in [2.24, 2.45) is 5.92 Å². The van der Waals surface area contributed by atoms with Gasteiger partial charge in [0.05, 0.1) is 0 Å². The molecule has 0 aliphatic carbocycles. The van der Waals surface area contributed by atoms with Crippen LogP contribution in [-0.2, 0) is 0 Å². The highest BCUT2D eigenvalue weighted by Crippen LogP contribution is 2.24. The molecule has 0 aliphatic rings. The molecule has 2 heteroatoms. The maximum Gasteiger partial charge on any atom is 0.166 e. The van der Waals surface area contributed by atoms with Gasteiger partial charge in [-0.25, -0.2) is 0 Å². The molecule has 1 nitrogen and oxygen atoms in total. The first-order valence-corrected chi connectivity index (χ1v) is 5.91. The molecule has 0 atom stereocenters. The van der Waals surface area contributed by atoms with Gasteiger partial charge in [0.1, 0.15) is 0 Å². The van der Waals surface area contributed by atoms with Gasteiger partial charge < -0.3 is 0 Å². The molecule has 0 aliphatic heterocycles. The van der Waals surface area contributed by atoms with Crippen molar-refractivity contribution in [3.8, 4) is 0 Å². The van der Waals surface area contributed by atoms with E-state index in [1.165, 1.54) is 0 Å². The number of thioether (sulfide) groups is 1. The van der Waals surface area contributed by atoms with Gasteiger partial charge in [0.25, 0.3) is 0 Å². The largest absolute Gasteiger partial charge is 0.294 e. The van der Waals surface area contributed by atoms with Crippen LogP contribution >= 0.6 is 11.8 Å². The number of ketones is 1. The van der Waals surface area contributed by atoms with Crippen LogP contribution in [0.2, 0.25) is 0 Å². The van der Waals surface area contributed by atoms with Crippen molar-refractivity contribution in [2.75, 3.05) is 5.75 Å². The highest BCUT2D eigenvalue weighted by atomic mass is 32.2. The summed E-state index contributed by atoms with van der Waals surface area (Å²) < 4.78 is 0. The lowest BCUT2D eigenvalue weighted by atomic mass is 10.0. The molecule has 0 bridgehead atoms. The van der Waals surface area contributed by atoms with Gasteiger partial charge in [-0.15, -0.1) is 11.8 Å². The summed E-state index contributed by atoms with van der Waals surface area (Å²) in [5.41, 5.74) is 0.870. The Balaban J connectivity index is 3.00. The van der Waals surface area contributed by atoms with E-state index in [1.54, 1.807) is 11.8 Å². The fraction of sp³-hybridized carbons (Fsp3) is 0.417. The second kappa shape index (κ2) is 5.20. The summed E-state index contributed by atoms with van der Waals surface area (Å²) in [7, 11) is 0. The zero-order valence-electron chi connectivity index (χ0n) is 8.91. The van der Waals surface area contributed by atoms with Crippen LogP contribution in [0.5, 0.6) is 0 Å². The molecule has 0 radical (unpaired) electrons. The van der Waals surface area contributed by atoms with E-state index in [2.05, 4.69) is 6.92 Å². The molecule has 1 rings (SSSR count). The van der Waals surface area contributed by atoms with E-state index in [0.717, 1.165) is 16.2 Å². The molecule has 0 amide bonds. The van der Waals surface area contributed by atoms with Crippen LogP contribution in [0.3, 0.4) is 0 Å². The van der Waals surface area contributed by atoms with E-state index >= 15 is 0 Å².